The van der Waals surface area contributed by atoms with Crippen molar-refractivity contribution in [1.82, 2.24) is 0 Å². The second kappa shape index (κ2) is 4.95. The zero-order valence-corrected chi connectivity index (χ0v) is 12.2. The third kappa shape index (κ3) is 1.99. The van der Waals surface area contributed by atoms with E-state index in [9.17, 15) is 9.90 Å². The monoisotopic (exact) mass is 312 g/mol. The molecule has 1 aromatic heterocycles. The molecule has 0 saturated heterocycles. The molecule has 0 radical (unpaired) electrons. The highest BCUT2D eigenvalue weighted by Crippen LogP contribution is 2.41. The molecule has 1 aliphatic heterocycles. The first-order valence-corrected chi connectivity index (χ1v) is 6.92. The first kappa shape index (κ1) is 13.5. The number of fused-ring (bicyclic) bond motifs is 2. The van der Waals surface area contributed by atoms with Gasteiger partial charge in [0.15, 0.2) is 11.5 Å². The summed E-state index contributed by atoms with van der Waals surface area (Å²) in [7, 11) is 1.49. The van der Waals surface area contributed by atoms with E-state index in [0.717, 1.165) is 0 Å². The van der Waals surface area contributed by atoms with Crippen molar-refractivity contribution in [2.75, 3.05) is 13.9 Å². The van der Waals surface area contributed by atoms with Crippen LogP contribution in [0.2, 0.25) is 0 Å². The number of ether oxygens (including phenoxy) is 3. The molecule has 4 rings (SSSR count). The molecule has 23 heavy (non-hydrogen) atoms. The molecule has 1 N–H and O–H groups in total. The van der Waals surface area contributed by atoms with Crippen LogP contribution in [0.4, 0.5) is 0 Å². The number of methoxy groups -OCH3 is 1. The van der Waals surface area contributed by atoms with Gasteiger partial charge in [-0.15, -0.1) is 0 Å². The minimum absolute atomic E-state index is 0.0558. The molecule has 2 aromatic carbocycles. The number of hydrogen-bond donors (Lipinski definition) is 1. The van der Waals surface area contributed by atoms with Crippen LogP contribution in [0.3, 0.4) is 0 Å². The van der Waals surface area contributed by atoms with Crippen LogP contribution in [0.15, 0.2) is 45.6 Å². The molecular formula is C17H12O6. The summed E-state index contributed by atoms with van der Waals surface area (Å²) in [5.41, 5.74) is 0.159. The van der Waals surface area contributed by atoms with Crippen LogP contribution < -0.4 is 19.8 Å². The van der Waals surface area contributed by atoms with Crippen molar-refractivity contribution in [3.8, 4) is 34.1 Å². The maximum absolute atomic E-state index is 12.3. The highest BCUT2D eigenvalue weighted by atomic mass is 16.7. The SMILES string of the molecule is COc1cccc2oc(=O)c(-c3ccc4c(c3)OCO4)c(O)c12. The van der Waals surface area contributed by atoms with Crippen LogP contribution in [-0.4, -0.2) is 19.0 Å². The molecule has 0 amide bonds. The fourth-order valence-corrected chi connectivity index (χ4v) is 2.68. The summed E-state index contributed by atoms with van der Waals surface area (Å²) < 4.78 is 21.1. The Labute approximate surface area is 130 Å². The fraction of sp³-hybridized carbons (Fsp3) is 0.118. The van der Waals surface area contributed by atoms with E-state index in [2.05, 4.69) is 0 Å². The Bertz CT molecular complexity index is 973. The molecule has 2 heterocycles. The molecule has 116 valence electrons. The molecule has 0 spiro atoms. The summed E-state index contributed by atoms with van der Waals surface area (Å²) in [6.45, 7) is 0.130. The van der Waals surface area contributed by atoms with E-state index in [1.54, 1.807) is 36.4 Å². The second-order valence-corrected chi connectivity index (χ2v) is 5.01. The largest absolute Gasteiger partial charge is 0.506 e. The zero-order chi connectivity index (χ0) is 16.0. The molecule has 0 unspecified atom stereocenters. The molecule has 0 saturated carbocycles. The first-order valence-electron chi connectivity index (χ1n) is 6.92. The van der Waals surface area contributed by atoms with Crippen molar-refractivity contribution in [2.45, 2.75) is 0 Å². The molecule has 0 bridgehead atoms. The quantitative estimate of drug-likeness (QED) is 0.733. The number of aromatic hydroxyl groups is 1. The van der Waals surface area contributed by atoms with Gasteiger partial charge in [-0.3, -0.25) is 0 Å². The van der Waals surface area contributed by atoms with Crippen LogP contribution in [0.5, 0.6) is 23.0 Å². The number of hydrogen-bond acceptors (Lipinski definition) is 6. The average molecular weight is 312 g/mol. The summed E-state index contributed by atoms with van der Waals surface area (Å²) in [5, 5.41) is 11.0. The van der Waals surface area contributed by atoms with Gasteiger partial charge in [-0.05, 0) is 29.8 Å². The van der Waals surface area contributed by atoms with Crippen molar-refractivity contribution < 1.29 is 23.7 Å². The van der Waals surface area contributed by atoms with Gasteiger partial charge in [0.1, 0.15) is 28.0 Å². The van der Waals surface area contributed by atoms with Gasteiger partial charge in [0.25, 0.3) is 0 Å². The molecular weight excluding hydrogens is 300 g/mol. The van der Waals surface area contributed by atoms with Crippen molar-refractivity contribution >= 4 is 11.0 Å². The molecule has 6 heteroatoms. The summed E-state index contributed by atoms with van der Waals surface area (Å²) in [6, 6.07) is 9.96. The second-order valence-electron chi connectivity index (χ2n) is 5.01. The van der Waals surface area contributed by atoms with Crippen LogP contribution in [0.1, 0.15) is 0 Å². The number of rotatable bonds is 2. The Kier molecular flexibility index (Phi) is 2.90. The molecule has 0 aliphatic carbocycles. The van der Waals surface area contributed by atoms with Crippen molar-refractivity contribution in [2.24, 2.45) is 0 Å². The molecule has 1 aliphatic rings. The topological polar surface area (TPSA) is 78.1 Å². The predicted octanol–water partition coefficient (Wildman–Crippen LogP) is 2.90. The maximum atomic E-state index is 12.3. The Morgan fingerprint density at radius 2 is 1.96 bits per heavy atom. The minimum Gasteiger partial charge on any atom is -0.506 e. The Morgan fingerprint density at radius 1 is 1.13 bits per heavy atom. The third-order valence-electron chi connectivity index (χ3n) is 3.75. The van der Waals surface area contributed by atoms with Gasteiger partial charge in [-0.1, -0.05) is 12.1 Å². The predicted molar refractivity (Wildman–Crippen MR) is 82.3 cm³/mol. The highest BCUT2D eigenvalue weighted by Gasteiger charge is 2.21. The zero-order valence-electron chi connectivity index (χ0n) is 12.2. The van der Waals surface area contributed by atoms with Crippen LogP contribution in [-0.2, 0) is 0 Å². The van der Waals surface area contributed by atoms with E-state index in [1.165, 1.54) is 7.11 Å². The maximum Gasteiger partial charge on any atom is 0.347 e. The normalized spacial score (nSPS) is 12.6. The number of benzene rings is 2. The van der Waals surface area contributed by atoms with Gasteiger partial charge in [-0.25, -0.2) is 4.79 Å². The van der Waals surface area contributed by atoms with Crippen LogP contribution in [0.25, 0.3) is 22.1 Å². The fourth-order valence-electron chi connectivity index (χ4n) is 2.68. The summed E-state index contributed by atoms with van der Waals surface area (Å²) in [6.07, 6.45) is 0. The van der Waals surface area contributed by atoms with Gasteiger partial charge in [0.2, 0.25) is 6.79 Å². The molecule has 6 nitrogen and oxygen atoms in total. The summed E-state index contributed by atoms with van der Waals surface area (Å²) >= 11 is 0. The Morgan fingerprint density at radius 3 is 2.78 bits per heavy atom. The Hall–Kier alpha value is -3.15. The van der Waals surface area contributed by atoms with E-state index in [1.807, 2.05) is 0 Å². The molecule has 0 atom stereocenters. The lowest BCUT2D eigenvalue weighted by Crippen LogP contribution is -2.04. The summed E-state index contributed by atoms with van der Waals surface area (Å²) in [4.78, 5) is 12.3. The lowest BCUT2D eigenvalue weighted by Gasteiger charge is -2.10. The lowest BCUT2D eigenvalue weighted by molar-refractivity contribution is 0.174. The van der Waals surface area contributed by atoms with E-state index in [0.29, 0.717) is 28.2 Å². The van der Waals surface area contributed by atoms with Crippen molar-refractivity contribution in [3.05, 3.63) is 46.8 Å². The van der Waals surface area contributed by atoms with Crippen molar-refractivity contribution in [3.63, 3.8) is 0 Å². The molecule has 3 aromatic rings. The molecule has 0 fully saturated rings. The van der Waals surface area contributed by atoms with Crippen molar-refractivity contribution in [1.29, 1.82) is 0 Å². The van der Waals surface area contributed by atoms with Gasteiger partial charge >= 0.3 is 5.63 Å². The Balaban J connectivity index is 2.02. The van der Waals surface area contributed by atoms with Gasteiger partial charge < -0.3 is 23.7 Å². The van der Waals surface area contributed by atoms with Crippen LogP contribution >= 0.6 is 0 Å². The minimum atomic E-state index is -0.637. The van der Waals surface area contributed by atoms with Gasteiger partial charge in [-0.2, -0.15) is 0 Å². The van der Waals surface area contributed by atoms with Crippen LogP contribution in [0, 0.1) is 0 Å². The average Bonchev–Trinajstić information content (AvgIpc) is 3.01. The highest BCUT2D eigenvalue weighted by molar-refractivity contribution is 5.95. The van der Waals surface area contributed by atoms with Gasteiger partial charge in [0.05, 0.1) is 7.11 Å². The standard InChI is InChI=1S/C17H12O6/c1-20-11-3-2-4-12-15(11)16(18)14(17(19)23-12)9-5-6-10-13(7-9)22-8-21-10/h2-7,18H,8H2,1H3. The van der Waals surface area contributed by atoms with E-state index >= 15 is 0 Å². The van der Waals surface area contributed by atoms with E-state index in [-0.39, 0.29) is 23.7 Å². The van der Waals surface area contributed by atoms with E-state index < -0.39 is 5.63 Å². The van der Waals surface area contributed by atoms with Gasteiger partial charge in [0, 0.05) is 0 Å². The smallest absolute Gasteiger partial charge is 0.347 e. The first-order chi connectivity index (χ1) is 11.2. The third-order valence-corrected chi connectivity index (χ3v) is 3.75. The van der Waals surface area contributed by atoms with E-state index in [4.69, 9.17) is 18.6 Å². The lowest BCUT2D eigenvalue weighted by atomic mass is 10.0. The summed E-state index contributed by atoms with van der Waals surface area (Å²) in [5.74, 6) is 1.34.